The van der Waals surface area contributed by atoms with Gasteiger partial charge in [0.2, 0.25) is 0 Å². The fourth-order valence-electron chi connectivity index (χ4n) is 3.75. The van der Waals surface area contributed by atoms with Crippen LogP contribution in [0.2, 0.25) is 0 Å². The molecule has 0 bridgehead atoms. The van der Waals surface area contributed by atoms with E-state index in [0.717, 1.165) is 33.3 Å². The second-order valence-corrected chi connectivity index (χ2v) is 8.80. The number of H-pyrrole nitrogens is 1. The van der Waals surface area contributed by atoms with Crippen molar-refractivity contribution in [3.8, 4) is 11.1 Å². The lowest BCUT2D eigenvalue weighted by Crippen LogP contribution is -2.10. The van der Waals surface area contributed by atoms with Gasteiger partial charge in [-0.05, 0) is 57.0 Å². The maximum atomic E-state index is 13.8. The minimum Gasteiger partial charge on any atom is -0.392 e. The Labute approximate surface area is 182 Å². The van der Waals surface area contributed by atoms with Crippen molar-refractivity contribution in [3.63, 3.8) is 0 Å². The number of aliphatic hydroxyl groups is 1. The minimum absolute atomic E-state index is 0.0947. The number of aliphatic hydroxyl groups excluding tert-OH is 1. The fraction of sp³-hybridized carbons (Fsp3) is 0.222. The summed E-state index contributed by atoms with van der Waals surface area (Å²) >= 11 is 0. The van der Waals surface area contributed by atoms with Gasteiger partial charge in [-0.2, -0.15) is 0 Å². The molecule has 0 aliphatic carbocycles. The number of aromatic nitrogens is 2. The molecule has 0 spiro atoms. The molecule has 4 aromatic rings. The highest BCUT2D eigenvalue weighted by atomic mass is 19.1. The number of halogens is 1. The summed E-state index contributed by atoms with van der Waals surface area (Å²) in [5.74, 6) is 0.715. The summed E-state index contributed by atoms with van der Waals surface area (Å²) in [7, 11) is 0. The number of nitrogens with zero attached hydrogens (tertiary/aromatic N) is 1. The van der Waals surface area contributed by atoms with Crippen molar-refractivity contribution in [3.05, 3.63) is 88.7 Å². The monoisotopic (exact) mass is 414 g/mol. The van der Waals surface area contributed by atoms with E-state index in [-0.39, 0.29) is 12.0 Å². The van der Waals surface area contributed by atoms with E-state index in [2.05, 4.69) is 55.0 Å². The van der Waals surface area contributed by atoms with Gasteiger partial charge >= 0.3 is 0 Å². The van der Waals surface area contributed by atoms with E-state index in [9.17, 15) is 9.50 Å². The van der Waals surface area contributed by atoms with Crippen molar-refractivity contribution < 1.29 is 9.50 Å². The molecule has 0 aliphatic rings. The van der Waals surface area contributed by atoms with E-state index in [1.807, 2.05) is 42.5 Å². The van der Waals surface area contributed by atoms with Crippen molar-refractivity contribution in [1.82, 2.24) is 9.97 Å². The van der Waals surface area contributed by atoms with Gasteiger partial charge in [0, 0.05) is 0 Å². The Bertz CT molecular complexity index is 1230. The van der Waals surface area contributed by atoms with Gasteiger partial charge in [-0.3, -0.25) is 0 Å². The highest BCUT2D eigenvalue weighted by Crippen LogP contribution is 2.31. The lowest BCUT2D eigenvalue weighted by Gasteiger charge is -2.18. The van der Waals surface area contributed by atoms with Crippen molar-refractivity contribution in [2.75, 3.05) is 0 Å². The molecule has 2 N–H and O–H groups in total. The van der Waals surface area contributed by atoms with Crippen LogP contribution in [0.15, 0.2) is 60.7 Å². The SMILES string of the molecule is CC(C)(C)c1ccc(/C=C/c2nc3cc(-c4ccccc4CO)c(CF)cc3[nH]2)cc1. The Morgan fingerprint density at radius 1 is 0.935 bits per heavy atom. The summed E-state index contributed by atoms with van der Waals surface area (Å²) in [5.41, 5.74) is 7.01. The van der Waals surface area contributed by atoms with Crippen LogP contribution >= 0.6 is 0 Å². The molecule has 1 heterocycles. The largest absolute Gasteiger partial charge is 0.392 e. The highest BCUT2D eigenvalue weighted by Gasteiger charge is 2.14. The van der Waals surface area contributed by atoms with Crippen molar-refractivity contribution in [1.29, 1.82) is 0 Å². The first kappa shape index (κ1) is 21.0. The normalized spacial score (nSPS) is 12.2. The summed E-state index contributed by atoms with van der Waals surface area (Å²) < 4.78 is 13.8. The summed E-state index contributed by atoms with van der Waals surface area (Å²) in [6, 6.07) is 19.7. The molecule has 31 heavy (non-hydrogen) atoms. The summed E-state index contributed by atoms with van der Waals surface area (Å²) in [6.07, 6.45) is 3.95. The van der Waals surface area contributed by atoms with Crippen molar-refractivity contribution in [2.45, 2.75) is 39.5 Å². The van der Waals surface area contributed by atoms with Gasteiger partial charge in [0.05, 0.1) is 17.6 Å². The number of aromatic amines is 1. The zero-order valence-corrected chi connectivity index (χ0v) is 18.1. The number of alkyl halides is 1. The smallest absolute Gasteiger partial charge is 0.131 e. The second-order valence-electron chi connectivity index (χ2n) is 8.80. The number of hydrogen-bond donors (Lipinski definition) is 2. The van der Waals surface area contributed by atoms with Gasteiger partial charge in [0.1, 0.15) is 12.5 Å². The van der Waals surface area contributed by atoms with Crippen molar-refractivity contribution >= 4 is 23.2 Å². The first-order valence-electron chi connectivity index (χ1n) is 10.5. The average Bonchev–Trinajstić information content (AvgIpc) is 3.18. The maximum absolute atomic E-state index is 13.8. The van der Waals surface area contributed by atoms with Gasteiger partial charge in [0.15, 0.2) is 0 Å². The van der Waals surface area contributed by atoms with Gasteiger partial charge in [0.25, 0.3) is 0 Å². The third-order valence-electron chi connectivity index (χ3n) is 5.56. The second kappa shape index (κ2) is 8.48. The molecular weight excluding hydrogens is 387 g/mol. The van der Waals surface area contributed by atoms with Gasteiger partial charge < -0.3 is 10.1 Å². The molecule has 1 aromatic heterocycles. The number of hydrogen-bond acceptors (Lipinski definition) is 2. The van der Waals surface area contributed by atoms with Crippen LogP contribution in [0.3, 0.4) is 0 Å². The number of rotatable bonds is 5. The first-order valence-corrected chi connectivity index (χ1v) is 10.5. The molecule has 4 heteroatoms. The van der Waals surface area contributed by atoms with Crippen LogP contribution in [0.25, 0.3) is 34.3 Å². The van der Waals surface area contributed by atoms with Gasteiger partial charge in [-0.25, -0.2) is 9.37 Å². The van der Waals surface area contributed by atoms with Crippen LogP contribution in [0.4, 0.5) is 4.39 Å². The third kappa shape index (κ3) is 4.44. The summed E-state index contributed by atoms with van der Waals surface area (Å²) in [4.78, 5) is 7.94. The summed E-state index contributed by atoms with van der Waals surface area (Å²) in [5, 5.41) is 9.68. The van der Waals surface area contributed by atoms with E-state index in [1.54, 1.807) is 6.07 Å². The van der Waals surface area contributed by atoms with E-state index in [4.69, 9.17) is 0 Å². The van der Waals surface area contributed by atoms with E-state index in [1.165, 1.54) is 5.56 Å². The standard InChI is InChI=1S/C27H27FN2O/c1-27(2,3)21-11-8-18(9-12-21)10-13-26-29-24-14-20(16-28)23(15-25(24)30-26)22-7-5-4-6-19(22)17-31/h4-15,31H,16-17H2,1-3H3,(H,29,30)/b13-10+. The van der Waals surface area contributed by atoms with Crippen LogP contribution < -0.4 is 0 Å². The fourth-order valence-corrected chi connectivity index (χ4v) is 3.75. The van der Waals surface area contributed by atoms with E-state index < -0.39 is 6.67 Å². The Hall–Kier alpha value is -3.24. The van der Waals surface area contributed by atoms with Gasteiger partial charge in [-0.1, -0.05) is 75.4 Å². The predicted octanol–water partition coefficient (Wildman–Crippen LogP) is 6.66. The van der Waals surface area contributed by atoms with Crippen LogP contribution in [-0.2, 0) is 18.7 Å². The molecule has 0 unspecified atom stereocenters. The molecule has 3 nitrogen and oxygen atoms in total. The van der Waals surface area contributed by atoms with Crippen LogP contribution in [0.1, 0.15) is 48.8 Å². The molecule has 4 rings (SSSR count). The number of imidazole rings is 1. The predicted molar refractivity (Wildman–Crippen MR) is 126 cm³/mol. The molecular formula is C27H27FN2O. The molecule has 0 saturated carbocycles. The summed E-state index contributed by atoms with van der Waals surface area (Å²) in [6.45, 7) is 5.92. The Morgan fingerprint density at radius 3 is 2.35 bits per heavy atom. The van der Waals surface area contributed by atoms with E-state index in [0.29, 0.717) is 11.4 Å². The van der Waals surface area contributed by atoms with E-state index >= 15 is 0 Å². The third-order valence-corrected chi connectivity index (χ3v) is 5.56. The molecule has 158 valence electrons. The number of benzene rings is 3. The molecule has 0 fully saturated rings. The lowest BCUT2D eigenvalue weighted by molar-refractivity contribution is 0.282. The first-order chi connectivity index (χ1) is 14.9. The molecule has 0 amide bonds. The Morgan fingerprint density at radius 2 is 1.68 bits per heavy atom. The average molecular weight is 415 g/mol. The van der Waals surface area contributed by atoms with Crippen LogP contribution in [0, 0.1) is 0 Å². The number of nitrogens with one attached hydrogen (secondary N) is 1. The Kier molecular flexibility index (Phi) is 5.75. The molecule has 0 aliphatic heterocycles. The molecule has 3 aromatic carbocycles. The molecule has 0 atom stereocenters. The van der Waals surface area contributed by atoms with Crippen LogP contribution in [0.5, 0.6) is 0 Å². The highest BCUT2D eigenvalue weighted by molar-refractivity contribution is 5.86. The lowest BCUT2D eigenvalue weighted by atomic mass is 9.87. The number of fused-ring (bicyclic) bond motifs is 1. The van der Waals surface area contributed by atoms with Gasteiger partial charge in [-0.15, -0.1) is 0 Å². The zero-order valence-electron chi connectivity index (χ0n) is 18.1. The maximum Gasteiger partial charge on any atom is 0.131 e. The molecule has 0 saturated heterocycles. The van der Waals surface area contributed by atoms with Crippen LogP contribution in [-0.4, -0.2) is 15.1 Å². The van der Waals surface area contributed by atoms with Crippen molar-refractivity contribution in [2.24, 2.45) is 0 Å². The Balaban J connectivity index is 1.67. The topological polar surface area (TPSA) is 48.9 Å². The zero-order chi connectivity index (χ0) is 22.0. The molecule has 0 radical (unpaired) electrons. The minimum atomic E-state index is -0.588. The quantitative estimate of drug-likeness (QED) is 0.384.